The van der Waals surface area contributed by atoms with Crippen molar-refractivity contribution >= 4 is 5.91 Å². The van der Waals surface area contributed by atoms with E-state index in [1.165, 1.54) is 0 Å². The number of amides is 1. The Kier molecular flexibility index (Phi) is 3.56. The molecule has 0 atom stereocenters. The summed E-state index contributed by atoms with van der Waals surface area (Å²) in [5.74, 6) is 1.09. The number of unbranched alkanes of at least 4 members (excludes halogenated alkanes) is 1. The highest BCUT2D eigenvalue weighted by Crippen LogP contribution is 2.40. The van der Waals surface area contributed by atoms with Gasteiger partial charge in [-0.15, -0.1) is 0 Å². The fourth-order valence-corrected chi connectivity index (χ4v) is 1.49. The summed E-state index contributed by atoms with van der Waals surface area (Å²) in [6.07, 6.45) is 3.74. The lowest BCUT2D eigenvalue weighted by molar-refractivity contribution is 0.0943. The summed E-state index contributed by atoms with van der Waals surface area (Å²) in [6.45, 7) is 0.719. The van der Waals surface area contributed by atoms with Gasteiger partial charge < -0.3 is 14.9 Å². The molecular formula is C11H16N2O3. The summed E-state index contributed by atoms with van der Waals surface area (Å²) in [5.41, 5.74) is 0.353. The van der Waals surface area contributed by atoms with E-state index in [4.69, 9.17) is 9.63 Å². The van der Waals surface area contributed by atoms with E-state index in [-0.39, 0.29) is 12.5 Å². The minimum atomic E-state index is -0.200. The zero-order valence-corrected chi connectivity index (χ0v) is 9.11. The van der Waals surface area contributed by atoms with Crippen molar-refractivity contribution in [2.24, 2.45) is 0 Å². The normalized spacial score (nSPS) is 15.1. The van der Waals surface area contributed by atoms with Crippen LogP contribution in [0.1, 0.15) is 47.8 Å². The molecule has 5 nitrogen and oxygen atoms in total. The molecule has 0 spiro atoms. The highest BCUT2D eigenvalue weighted by Gasteiger charge is 2.28. The van der Waals surface area contributed by atoms with E-state index in [1.54, 1.807) is 6.07 Å². The van der Waals surface area contributed by atoms with Crippen LogP contribution >= 0.6 is 0 Å². The minimum Gasteiger partial charge on any atom is -0.396 e. The molecule has 0 radical (unpaired) electrons. The molecule has 0 aromatic carbocycles. The van der Waals surface area contributed by atoms with Crippen LogP contribution in [0.4, 0.5) is 0 Å². The highest BCUT2D eigenvalue weighted by atomic mass is 16.5. The zero-order valence-electron chi connectivity index (χ0n) is 9.11. The van der Waals surface area contributed by atoms with Crippen molar-refractivity contribution in [3.8, 4) is 0 Å². The number of hydrogen-bond donors (Lipinski definition) is 2. The van der Waals surface area contributed by atoms with E-state index in [0.29, 0.717) is 24.6 Å². The number of aliphatic hydroxyl groups excluding tert-OH is 1. The Hall–Kier alpha value is -1.36. The number of aromatic nitrogens is 1. The Morgan fingerprint density at radius 3 is 3.06 bits per heavy atom. The van der Waals surface area contributed by atoms with E-state index in [2.05, 4.69) is 10.5 Å². The molecule has 1 aromatic heterocycles. The number of nitrogens with zero attached hydrogens (tertiary/aromatic N) is 1. The van der Waals surface area contributed by atoms with Crippen LogP contribution in [0.15, 0.2) is 10.6 Å². The Labute approximate surface area is 93.8 Å². The van der Waals surface area contributed by atoms with E-state index in [0.717, 1.165) is 25.0 Å². The molecular weight excluding hydrogens is 208 g/mol. The third kappa shape index (κ3) is 2.82. The van der Waals surface area contributed by atoms with Crippen molar-refractivity contribution in [3.05, 3.63) is 17.5 Å². The molecule has 2 N–H and O–H groups in total. The summed E-state index contributed by atoms with van der Waals surface area (Å²) in [5, 5.41) is 15.1. The van der Waals surface area contributed by atoms with Crippen LogP contribution in [-0.2, 0) is 0 Å². The molecule has 5 heteroatoms. The minimum absolute atomic E-state index is 0.158. The molecule has 1 aliphatic rings. The summed E-state index contributed by atoms with van der Waals surface area (Å²) < 4.78 is 5.09. The number of hydrogen-bond acceptors (Lipinski definition) is 4. The highest BCUT2D eigenvalue weighted by molar-refractivity contribution is 5.92. The average molecular weight is 224 g/mol. The fourth-order valence-electron chi connectivity index (χ4n) is 1.49. The van der Waals surface area contributed by atoms with Gasteiger partial charge in [-0.05, 0) is 25.7 Å². The Morgan fingerprint density at radius 1 is 1.56 bits per heavy atom. The van der Waals surface area contributed by atoms with Crippen LogP contribution in [0.2, 0.25) is 0 Å². The van der Waals surface area contributed by atoms with Gasteiger partial charge in [0, 0.05) is 25.1 Å². The summed E-state index contributed by atoms with van der Waals surface area (Å²) in [6, 6.07) is 1.72. The van der Waals surface area contributed by atoms with Crippen molar-refractivity contribution < 1.29 is 14.4 Å². The number of nitrogens with one attached hydrogen (secondary N) is 1. The van der Waals surface area contributed by atoms with Crippen LogP contribution < -0.4 is 5.32 Å². The molecule has 0 aliphatic heterocycles. The van der Waals surface area contributed by atoms with Gasteiger partial charge >= 0.3 is 0 Å². The van der Waals surface area contributed by atoms with Gasteiger partial charge in [-0.3, -0.25) is 4.79 Å². The third-order valence-corrected chi connectivity index (χ3v) is 2.61. The maximum Gasteiger partial charge on any atom is 0.273 e. The first-order valence-electron chi connectivity index (χ1n) is 5.67. The smallest absolute Gasteiger partial charge is 0.273 e. The SMILES string of the molecule is O=C(NCCCCO)c1cc(C2CC2)on1. The Bertz CT molecular complexity index is 358. The topological polar surface area (TPSA) is 75.4 Å². The van der Waals surface area contributed by atoms with Crippen molar-refractivity contribution in [3.63, 3.8) is 0 Å². The average Bonchev–Trinajstić information content (AvgIpc) is 3.02. The van der Waals surface area contributed by atoms with Crippen molar-refractivity contribution in [1.29, 1.82) is 0 Å². The van der Waals surface area contributed by atoms with E-state index < -0.39 is 0 Å². The quantitative estimate of drug-likeness (QED) is 0.708. The van der Waals surface area contributed by atoms with Crippen LogP contribution in [0.3, 0.4) is 0 Å². The number of carbonyl (C=O) groups is 1. The summed E-state index contributed by atoms with van der Waals surface area (Å²) in [7, 11) is 0. The molecule has 16 heavy (non-hydrogen) atoms. The van der Waals surface area contributed by atoms with E-state index in [9.17, 15) is 4.79 Å². The Balaban J connectivity index is 1.78. The van der Waals surface area contributed by atoms with Gasteiger partial charge in [-0.25, -0.2) is 0 Å². The van der Waals surface area contributed by atoms with Crippen molar-refractivity contribution in [2.75, 3.05) is 13.2 Å². The lowest BCUT2D eigenvalue weighted by Crippen LogP contribution is -2.24. The molecule has 88 valence electrons. The van der Waals surface area contributed by atoms with Gasteiger partial charge in [0.15, 0.2) is 5.69 Å². The van der Waals surface area contributed by atoms with Crippen molar-refractivity contribution in [2.45, 2.75) is 31.6 Å². The monoisotopic (exact) mass is 224 g/mol. The predicted octanol–water partition coefficient (Wildman–Crippen LogP) is 1.05. The second kappa shape index (κ2) is 5.12. The first-order valence-corrected chi connectivity index (χ1v) is 5.67. The standard InChI is InChI=1S/C11H16N2O3/c14-6-2-1-5-12-11(15)9-7-10(16-13-9)8-3-4-8/h7-8,14H,1-6H2,(H,12,15). The maximum atomic E-state index is 11.6. The molecule has 1 aliphatic carbocycles. The number of aliphatic hydroxyl groups is 1. The van der Waals surface area contributed by atoms with Gasteiger partial charge in [0.05, 0.1) is 0 Å². The molecule has 1 aromatic rings. The van der Waals surface area contributed by atoms with Gasteiger partial charge in [-0.1, -0.05) is 5.16 Å². The first-order chi connectivity index (χ1) is 7.81. The van der Waals surface area contributed by atoms with Crippen LogP contribution in [0.25, 0.3) is 0 Å². The maximum absolute atomic E-state index is 11.6. The van der Waals surface area contributed by atoms with Crippen LogP contribution in [0.5, 0.6) is 0 Å². The van der Waals surface area contributed by atoms with Crippen molar-refractivity contribution in [1.82, 2.24) is 10.5 Å². The molecule has 2 rings (SSSR count). The van der Waals surface area contributed by atoms with E-state index >= 15 is 0 Å². The number of carbonyl (C=O) groups excluding carboxylic acids is 1. The number of rotatable bonds is 6. The van der Waals surface area contributed by atoms with Gasteiger partial charge in [0.2, 0.25) is 0 Å². The lowest BCUT2D eigenvalue weighted by atomic mass is 10.2. The van der Waals surface area contributed by atoms with Gasteiger partial charge in [0.1, 0.15) is 5.76 Å². The molecule has 0 bridgehead atoms. The van der Waals surface area contributed by atoms with Gasteiger partial charge in [0.25, 0.3) is 5.91 Å². The fraction of sp³-hybridized carbons (Fsp3) is 0.636. The Morgan fingerprint density at radius 2 is 2.38 bits per heavy atom. The second-order valence-electron chi connectivity index (χ2n) is 4.08. The molecule has 1 amide bonds. The predicted molar refractivity (Wildman–Crippen MR) is 57.1 cm³/mol. The molecule has 1 heterocycles. The summed E-state index contributed by atoms with van der Waals surface area (Å²) in [4.78, 5) is 11.6. The molecule has 0 saturated heterocycles. The second-order valence-corrected chi connectivity index (χ2v) is 4.08. The first kappa shape index (κ1) is 11.1. The largest absolute Gasteiger partial charge is 0.396 e. The van der Waals surface area contributed by atoms with Gasteiger partial charge in [-0.2, -0.15) is 0 Å². The summed E-state index contributed by atoms with van der Waals surface area (Å²) >= 11 is 0. The molecule has 0 unspecified atom stereocenters. The molecule has 1 fully saturated rings. The van der Waals surface area contributed by atoms with E-state index in [1.807, 2.05) is 0 Å². The van der Waals surface area contributed by atoms with Crippen LogP contribution in [0, 0.1) is 0 Å². The third-order valence-electron chi connectivity index (χ3n) is 2.61. The molecule has 1 saturated carbocycles. The lowest BCUT2D eigenvalue weighted by Gasteiger charge is -2.00. The zero-order chi connectivity index (χ0) is 11.4. The van der Waals surface area contributed by atoms with Crippen LogP contribution in [-0.4, -0.2) is 29.3 Å².